The number of hydrogen-bond donors (Lipinski definition) is 1. The van der Waals surface area contributed by atoms with Crippen LogP contribution in [0, 0.1) is 0 Å². The standard InChI is InChI=1S/C21H18O7S/c1-26-16-4-6-18(7-5-16)28-21(23)14-27-17-8-12-20(13-9-17)29(24,25)19-10-2-15(22)3-11-19/h2-13,22H,14H2,1H3. The number of phenols is 1. The second-order valence-electron chi connectivity index (χ2n) is 5.91. The molecule has 8 heteroatoms. The lowest BCUT2D eigenvalue weighted by Crippen LogP contribution is -2.17. The summed E-state index contributed by atoms with van der Waals surface area (Å²) >= 11 is 0. The molecule has 0 radical (unpaired) electrons. The van der Waals surface area contributed by atoms with Crippen LogP contribution in [0.3, 0.4) is 0 Å². The van der Waals surface area contributed by atoms with E-state index in [0.29, 0.717) is 17.2 Å². The molecule has 0 aromatic heterocycles. The monoisotopic (exact) mass is 414 g/mol. The topological polar surface area (TPSA) is 99.1 Å². The third-order valence-corrected chi connectivity index (χ3v) is 5.71. The van der Waals surface area contributed by atoms with E-state index in [1.54, 1.807) is 24.3 Å². The number of phenolic OH excluding ortho intramolecular Hbond substituents is 1. The fourth-order valence-electron chi connectivity index (χ4n) is 2.42. The highest BCUT2D eigenvalue weighted by atomic mass is 32.2. The van der Waals surface area contributed by atoms with Crippen LogP contribution >= 0.6 is 0 Å². The number of ether oxygens (including phenoxy) is 3. The van der Waals surface area contributed by atoms with Gasteiger partial charge in [0.2, 0.25) is 9.84 Å². The van der Waals surface area contributed by atoms with Gasteiger partial charge < -0.3 is 19.3 Å². The zero-order valence-corrected chi connectivity index (χ0v) is 16.3. The van der Waals surface area contributed by atoms with Gasteiger partial charge in [0, 0.05) is 0 Å². The molecule has 3 aromatic rings. The van der Waals surface area contributed by atoms with Crippen molar-refractivity contribution in [3.05, 3.63) is 72.8 Å². The quantitative estimate of drug-likeness (QED) is 0.468. The number of methoxy groups -OCH3 is 1. The summed E-state index contributed by atoms with van der Waals surface area (Å²) in [7, 11) is -2.18. The summed E-state index contributed by atoms with van der Waals surface area (Å²) in [5.74, 6) is 0.699. The van der Waals surface area contributed by atoms with E-state index in [0.717, 1.165) is 0 Å². The molecule has 0 bridgehead atoms. The molecule has 3 aromatic carbocycles. The first-order valence-electron chi connectivity index (χ1n) is 8.50. The van der Waals surface area contributed by atoms with E-state index in [2.05, 4.69) is 0 Å². The number of hydrogen-bond acceptors (Lipinski definition) is 7. The van der Waals surface area contributed by atoms with Gasteiger partial charge in [-0.3, -0.25) is 0 Å². The smallest absolute Gasteiger partial charge is 0.349 e. The first kappa shape index (κ1) is 20.2. The molecule has 0 heterocycles. The van der Waals surface area contributed by atoms with Crippen LogP contribution in [0.2, 0.25) is 0 Å². The highest BCUT2D eigenvalue weighted by molar-refractivity contribution is 7.91. The number of sulfone groups is 1. The van der Waals surface area contributed by atoms with Gasteiger partial charge in [-0.2, -0.15) is 0 Å². The molecule has 0 spiro atoms. The van der Waals surface area contributed by atoms with Crippen molar-refractivity contribution in [3.8, 4) is 23.0 Å². The third kappa shape index (κ3) is 5.05. The van der Waals surface area contributed by atoms with Crippen molar-refractivity contribution in [1.82, 2.24) is 0 Å². The minimum absolute atomic E-state index is 0.0192. The van der Waals surface area contributed by atoms with E-state index >= 15 is 0 Å². The molecule has 0 unspecified atom stereocenters. The van der Waals surface area contributed by atoms with Crippen molar-refractivity contribution in [3.63, 3.8) is 0 Å². The van der Waals surface area contributed by atoms with Crippen LogP contribution in [0.5, 0.6) is 23.0 Å². The molecular formula is C21H18O7S. The number of rotatable bonds is 7. The Morgan fingerprint density at radius 1 is 0.793 bits per heavy atom. The second-order valence-corrected chi connectivity index (χ2v) is 7.86. The highest BCUT2D eigenvalue weighted by Gasteiger charge is 2.17. The van der Waals surface area contributed by atoms with Crippen LogP contribution in [-0.2, 0) is 14.6 Å². The average Bonchev–Trinajstić information content (AvgIpc) is 2.73. The van der Waals surface area contributed by atoms with Gasteiger partial charge in [-0.25, -0.2) is 13.2 Å². The normalized spacial score (nSPS) is 10.9. The molecule has 1 N–H and O–H groups in total. The molecule has 0 atom stereocenters. The fraction of sp³-hybridized carbons (Fsp3) is 0.0952. The predicted octanol–water partition coefficient (Wildman–Crippen LogP) is 3.22. The summed E-state index contributed by atoms with van der Waals surface area (Å²) < 4.78 is 40.7. The Morgan fingerprint density at radius 3 is 1.83 bits per heavy atom. The van der Waals surface area contributed by atoms with E-state index in [9.17, 15) is 18.3 Å². The largest absolute Gasteiger partial charge is 0.508 e. The molecule has 0 saturated carbocycles. The van der Waals surface area contributed by atoms with Crippen LogP contribution in [-0.4, -0.2) is 33.2 Å². The lowest BCUT2D eigenvalue weighted by atomic mass is 10.3. The average molecular weight is 414 g/mol. The minimum atomic E-state index is -3.72. The Balaban J connectivity index is 1.60. The van der Waals surface area contributed by atoms with Gasteiger partial charge >= 0.3 is 5.97 Å². The molecule has 0 aliphatic carbocycles. The van der Waals surface area contributed by atoms with Crippen molar-refractivity contribution in [1.29, 1.82) is 0 Å². The summed E-state index contributed by atoms with van der Waals surface area (Å²) in [6, 6.07) is 17.4. The lowest BCUT2D eigenvalue weighted by Gasteiger charge is -2.09. The van der Waals surface area contributed by atoms with Crippen molar-refractivity contribution in [2.24, 2.45) is 0 Å². The van der Waals surface area contributed by atoms with Crippen LogP contribution in [0.25, 0.3) is 0 Å². The van der Waals surface area contributed by atoms with Gasteiger partial charge in [0.05, 0.1) is 16.9 Å². The zero-order chi connectivity index (χ0) is 20.9. The molecule has 0 amide bonds. The van der Waals surface area contributed by atoms with Crippen LogP contribution in [0.1, 0.15) is 0 Å². The summed E-state index contributed by atoms with van der Waals surface area (Å²) in [5.41, 5.74) is 0. The van der Waals surface area contributed by atoms with E-state index in [4.69, 9.17) is 14.2 Å². The number of benzene rings is 3. The fourth-order valence-corrected chi connectivity index (χ4v) is 3.68. The maximum absolute atomic E-state index is 12.6. The Hall–Kier alpha value is -3.52. The van der Waals surface area contributed by atoms with E-state index in [1.807, 2.05) is 0 Å². The Kier molecular flexibility index (Phi) is 6.04. The van der Waals surface area contributed by atoms with Crippen LogP contribution in [0.15, 0.2) is 82.6 Å². The third-order valence-electron chi connectivity index (χ3n) is 3.93. The van der Waals surface area contributed by atoms with Gasteiger partial charge in [0.15, 0.2) is 6.61 Å². The number of carbonyl (C=O) groups is 1. The van der Waals surface area contributed by atoms with Crippen molar-refractivity contribution >= 4 is 15.8 Å². The van der Waals surface area contributed by atoms with Gasteiger partial charge in [-0.15, -0.1) is 0 Å². The van der Waals surface area contributed by atoms with Crippen molar-refractivity contribution in [2.75, 3.05) is 13.7 Å². The van der Waals surface area contributed by atoms with Crippen molar-refractivity contribution < 1.29 is 32.5 Å². The molecule has 0 aliphatic rings. The molecule has 3 rings (SSSR count). The van der Waals surface area contributed by atoms with E-state index in [-0.39, 0.29) is 22.1 Å². The molecule has 0 aliphatic heterocycles. The molecule has 0 fully saturated rings. The van der Waals surface area contributed by atoms with Crippen molar-refractivity contribution in [2.45, 2.75) is 9.79 Å². The van der Waals surface area contributed by atoms with E-state index in [1.165, 1.54) is 55.6 Å². The van der Waals surface area contributed by atoms with Gasteiger partial charge in [0.25, 0.3) is 0 Å². The number of esters is 1. The van der Waals surface area contributed by atoms with Gasteiger partial charge in [-0.1, -0.05) is 0 Å². The Morgan fingerprint density at radius 2 is 1.28 bits per heavy atom. The minimum Gasteiger partial charge on any atom is -0.508 e. The summed E-state index contributed by atoms with van der Waals surface area (Å²) in [6.45, 7) is -0.337. The Bertz CT molecular complexity index is 1070. The SMILES string of the molecule is COc1ccc(OC(=O)COc2ccc(S(=O)(=O)c3ccc(O)cc3)cc2)cc1. The first-order valence-corrected chi connectivity index (χ1v) is 9.98. The van der Waals surface area contributed by atoms with Crippen LogP contribution < -0.4 is 14.2 Å². The molecular weight excluding hydrogens is 396 g/mol. The summed E-state index contributed by atoms with van der Waals surface area (Å²) in [4.78, 5) is 12.0. The van der Waals surface area contributed by atoms with Gasteiger partial charge in [-0.05, 0) is 72.8 Å². The summed E-state index contributed by atoms with van der Waals surface area (Å²) in [5, 5.41) is 9.30. The zero-order valence-electron chi connectivity index (χ0n) is 15.4. The second kappa shape index (κ2) is 8.66. The van der Waals surface area contributed by atoms with E-state index < -0.39 is 15.8 Å². The highest BCUT2D eigenvalue weighted by Crippen LogP contribution is 2.24. The predicted molar refractivity (Wildman–Crippen MR) is 104 cm³/mol. The number of aromatic hydroxyl groups is 1. The van der Waals surface area contributed by atoms with Gasteiger partial charge in [0.1, 0.15) is 23.0 Å². The van der Waals surface area contributed by atoms with Crippen LogP contribution in [0.4, 0.5) is 0 Å². The number of carbonyl (C=O) groups excluding carboxylic acids is 1. The lowest BCUT2D eigenvalue weighted by molar-refractivity contribution is -0.136. The maximum atomic E-state index is 12.6. The maximum Gasteiger partial charge on any atom is 0.349 e. The molecule has 29 heavy (non-hydrogen) atoms. The molecule has 0 saturated heterocycles. The molecule has 150 valence electrons. The summed E-state index contributed by atoms with van der Waals surface area (Å²) in [6.07, 6.45) is 0. The molecule has 7 nitrogen and oxygen atoms in total. The Labute approximate surface area is 168 Å². The first-order chi connectivity index (χ1) is 13.9.